The minimum Gasteiger partial charge on any atom is -0.508 e. The number of aromatic amines is 1. The van der Waals surface area contributed by atoms with Crippen LogP contribution in [0.3, 0.4) is 0 Å². The Morgan fingerprint density at radius 1 is 0.714 bits per heavy atom. The van der Waals surface area contributed by atoms with Crippen molar-refractivity contribution in [3.05, 3.63) is 40.1 Å². The highest BCUT2D eigenvalue weighted by Crippen LogP contribution is 2.69. The van der Waals surface area contributed by atoms with E-state index in [-0.39, 0.29) is 68.3 Å². The number of aromatic nitrogens is 1. The van der Waals surface area contributed by atoms with Gasteiger partial charge in [0.1, 0.15) is 39.9 Å². The molecule has 0 radical (unpaired) electrons. The number of phenols is 2. The highest BCUT2D eigenvalue weighted by molar-refractivity contribution is 6.32. The minimum absolute atomic E-state index is 0.0124. The average molecular weight is 767 g/mol. The van der Waals surface area contributed by atoms with Crippen molar-refractivity contribution in [2.24, 2.45) is 50.3 Å². The number of hydrogen-bond acceptors (Lipinski definition) is 8. The Hall–Kier alpha value is -3.76. The molecule has 0 saturated heterocycles. The van der Waals surface area contributed by atoms with Gasteiger partial charge in [-0.05, 0) is 98.0 Å². The zero-order valence-electron chi connectivity index (χ0n) is 34.1. The number of phenolic OH excluding ortho intramolecular Hbond substituents is 2. The van der Waals surface area contributed by atoms with E-state index in [1.807, 2.05) is 0 Å². The first-order valence-electron chi connectivity index (χ1n) is 21.1. The molecule has 1 aromatic heterocycles. The van der Waals surface area contributed by atoms with Gasteiger partial charge in [-0.2, -0.15) is 0 Å². The van der Waals surface area contributed by atoms with Crippen molar-refractivity contribution in [2.75, 3.05) is 0 Å². The maximum atomic E-state index is 13.9. The second-order valence-electron chi connectivity index (χ2n) is 20.9. The number of aliphatic hydroxyl groups is 2. The monoisotopic (exact) mass is 766 g/mol. The fraction of sp³-hybridized carbons (Fsp3) is 0.652. The smallest absolute Gasteiger partial charge is 0.278 e. The summed E-state index contributed by atoms with van der Waals surface area (Å²) in [6.07, 6.45) is 6.79. The van der Waals surface area contributed by atoms with Gasteiger partial charge in [0.05, 0.1) is 39.8 Å². The number of aliphatic imine (C=N–C) groups is 1. The summed E-state index contributed by atoms with van der Waals surface area (Å²) in [6.45, 7) is 17.8. The summed E-state index contributed by atoms with van der Waals surface area (Å²) < 4.78 is 14.7. The summed E-state index contributed by atoms with van der Waals surface area (Å²) in [4.78, 5) is 21.7. The summed E-state index contributed by atoms with van der Waals surface area (Å²) >= 11 is 0. The maximum Gasteiger partial charge on any atom is 0.278 e. The van der Waals surface area contributed by atoms with Crippen LogP contribution in [0.25, 0.3) is 10.8 Å². The summed E-state index contributed by atoms with van der Waals surface area (Å²) in [5, 5.41) is 58.1. The standard InChI is InChI=1S/C46H58N2O8/c1-21-9-11-29-41(3,4)31(51)13-15-43(29,7)45(21)19-25-27(49)17-23-33(37(25)55-45)35(47-39(23)53)36-34-24(40(54)48-36)18-28(50)26-20-46(56-38(26)34)22(2)10-12-30-42(5,6)32(52)14-16-44(30,46)8/h17-18,21-22,29-32,47,49-53H,9-16,19-20H2,1-8H3/t21-,22+,29+,30-,31-,32+,43+,44-,45-,46+/m1/s1. The van der Waals surface area contributed by atoms with Crippen LogP contribution < -0.4 is 9.47 Å². The Bertz CT molecular complexity index is 2290. The van der Waals surface area contributed by atoms with Crippen LogP contribution in [0.5, 0.6) is 28.9 Å². The molecule has 4 aliphatic carbocycles. The third-order valence-corrected chi connectivity index (χ3v) is 18.1. The van der Waals surface area contributed by atoms with Crippen molar-refractivity contribution >= 4 is 22.4 Å². The molecule has 0 bridgehead atoms. The lowest BCUT2D eigenvalue weighted by Gasteiger charge is -2.64. The second-order valence-corrected chi connectivity index (χ2v) is 20.9. The number of rotatable bonds is 1. The molecule has 10 atom stereocenters. The SMILES string of the molecule is C[C@@H]1CC[C@H]2C(C)(C)[C@H](O)CC[C@]2(C)[C@@]12Cc1c(O)cc3c(O)[nH]c(C4=NC(=O)c5cc(O)c6c(c54)O[C@@]4(C6)[C@@H](C)CC[C@@H]5C(C)(C)[C@@H](O)CC[C@]54C)c3c1O2. The summed E-state index contributed by atoms with van der Waals surface area (Å²) in [5.74, 6) is 0.970. The molecule has 4 saturated carbocycles. The second kappa shape index (κ2) is 11.0. The zero-order valence-corrected chi connectivity index (χ0v) is 34.1. The number of nitrogens with one attached hydrogen (secondary N) is 1. The minimum atomic E-state index is -0.689. The molecule has 10 nitrogen and oxygen atoms in total. The molecule has 2 aromatic carbocycles. The van der Waals surface area contributed by atoms with Gasteiger partial charge in [-0.25, -0.2) is 4.99 Å². The highest BCUT2D eigenvalue weighted by Gasteiger charge is 2.69. The van der Waals surface area contributed by atoms with E-state index < -0.39 is 29.3 Å². The Labute approximate surface area is 328 Å². The van der Waals surface area contributed by atoms with E-state index in [1.54, 1.807) is 6.07 Å². The number of ether oxygens (including phenoxy) is 2. The number of aliphatic hydroxyl groups excluding tert-OH is 2. The molecular weight excluding hydrogens is 709 g/mol. The van der Waals surface area contributed by atoms with E-state index in [0.29, 0.717) is 76.1 Å². The van der Waals surface area contributed by atoms with Gasteiger partial charge in [-0.3, -0.25) is 4.79 Å². The fourth-order valence-corrected chi connectivity index (χ4v) is 14.6. The third-order valence-electron chi connectivity index (χ3n) is 18.1. The summed E-state index contributed by atoms with van der Waals surface area (Å²) in [7, 11) is 0. The lowest BCUT2D eigenvalue weighted by atomic mass is 9.43. The molecule has 1 amide bonds. The Morgan fingerprint density at radius 3 is 1.77 bits per heavy atom. The molecule has 4 heterocycles. The van der Waals surface area contributed by atoms with Gasteiger partial charge in [-0.1, -0.05) is 55.4 Å². The average Bonchev–Trinajstić information content (AvgIpc) is 3.90. The predicted molar refractivity (Wildman–Crippen MR) is 212 cm³/mol. The van der Waals surface area contributed by atoms with E-state index >= 15 is 0 Å². The molecule has 56 heavy (non-hydrogen) atoms. The van der Waals surface area contributed by atoms with E-state index in [9.17, 15) is 30.3 Å². The van der Waals surface area contributed by atoms with Crippen LogP contribution in [-0.2, 0) is 12.8 Å². The summed E-state index contributed by atoms with van der Waals surface area (Å²) in [5.41, 5.74) is 0.130. The Balaban J connectivity index is 1.12. The van der Waals surface area contributed by atoms with Crippen molar-refractivity contribution in [3.8, 4) is 28.9 Å². The van der Waals surface area contributed by atoms with Crippen LogP contribution >= 0.6 is 0 Å². The van der Waals surface area contributed by atoms with Crippen LogP contribution in [0.1, 0.15) is 139 Å². The zero-order chi connectivity index (χ0) is 39.9. The molecule has 7 aliphatic rings. The van der Waals surface area contributed by atoms with Crippen LogP contribution in [0, 0.1) is 45.3 Å². The number of nitrogens with zero attached hydrogens (tertiary/aromatic N) is 1. The molecule has 3 aliphatic heterocycles. The van der Waals surface area contributed by atoms with Crippen molar-refractivity contribution in [1.29, 1.82) is 0 Å². The number of amides is 1. The largest absolute Gasteiger partial charge is 0.508 e. The Kier molecular flexibility index (Phi) is 7.21. The van der Waals surface area contributed by atoms with Crippen molar-refractivity contribution in [3.63, 3.8) is 0 Å². The first-order chi connectivity index (χ1) is 26.2. The van der Waals surface area contributed by atoms with E-state index in [4.69, 9.17) is 9.47 Å². The highest BCUT2D eigenvalue weighted by atomic mass is 16.5. The predicted octanol–water partition coefficient (Wildman–Crippen LogP) is 8.09. The quantitative estimate of drug-likeness (QED) is 0.145. The van der Waals surface area contributed by atoms with Crippen molar-refractivity contribution < 1.29 is 39.8 Å². The van der Waals surface area contributed by atoms with E-state index in [2.05, 4.69) is 65.4 Å². The van der Waals surface area contributed by atoms with Gasteiger partial charge in [0.2, 0.25) is 0 Å². The van der Waals surface area contributed by atoms with Gasteiger partial charge in [0.25, 0.3) is 5.91 Å². The molecule has 6 N–H and O–H groups in total. The van der Waals surface area contributed by atoms with Crippen LogP contribution in [0.2, 0.25) is 0 Å². The summed E-state index contributed by atoms with van der Waals surface area (Å²) in [6, 6.07) is 3.11. The van der Waals surface area contributed by atoms with Gasteiger partial charge in [-0.15, -0.1) is 0 Å². The van der Waals surface area contributed by atoms with E-state index in [1.165, 1.54) is 6.07 Å². The van der Waals surface area contributed by atoms with Gasteiger partial charge in [0, 0.05) is 34.8 Å². The van der Waals surface area contributed by atoms with Gasteiger partial charge >= 0.3 is 0 Å². The van der Waals surface area contributed by atoms with Crippen molar-refractivity contribution in [2.45, 2.75) is 143 Å². The number of hydrogen-bond donors (Lipinski definition) is 6. The number of benzene rings is 2. The number of carbonyl (C=O) groups excluding carboxylic acids is 1. The Morgan fingerprint density at radius 2 is 1.21 bits per heavy atom. The van der Waals surface area contributed by atoms with E-state index in [0.717, 1.165) is 38.5 Å². The van der Waals surface area contributed by atoms with Gasteiger partial charge < -0.3 is 40.0 Å². The number of H-pyrrole nitrogens is 1. The van der Waals surface area contributed by atoms with Crippen molar-refractivity contribution in [1.82, 2.24) is 4.98 Å². The maximum absolute atomic E-state index is 13.9. The number of aromatic hydroxyl groups is 3. The fourth-order valence-electron chi connectivity index (χ4n) is 14.6. The third kappa shape index (κ3) is 4.11. The molecule has 2 spiro atoms. The van der Waals surface area contributed by atoms with Crippen LogP contribution in [-0.4, -0.2) is 65.5 Å². The lowest BCUT2D eigenvalue weighted by Crippen LogP contribution is -2.66. The normalized spacial score (nSPS) is 40.1. The molecule has 10 rings (SSSR count). The molecule has 10 heteroatoms. The molecule has 3 aromatic rings. The lowest BCUT2D eigenvalue weighted by molar-refractivity contribution is -0.210. The number of carbonyl (C=O) groups is 1. The molecule has 300 valence electrons. The van der Waals surface area contributed by atoms with Gasteiger partial charge in [0.15, 0.2) is 5.88 Å². The van der Waals surface area contributed by atoms with Crippen LogP contribution in [0.15, 0.2) is 17.1 Å². The molecular formula is C46H58N2O8. The molecule has 0 unspecified atom stereocenters. The topological polar surface area (TPSA) is 165 Å². The molecule has 4 fully saturated rings. The number of fused-ring (bicyclic) bond motifs is 10. The first-order valence-corrected chi connectivity index (χ1v) is 21.1. The first kappa shape index (κ1) is 36.6. The van der Waals surface area contributed by atoms with Crippen LogP contribution in [0.4, 0.5) is 0 Å².